The highest BCUT2D eigenvalue weighted by Crippen LogP contribution is 2.27. The van der Waals surface area contributed by atoms with Gasteiger partial charge in [-0.25, -0.2) is 9.18 Å². The van der Waals surface area contributed by atoms with Crippen LogP contribution in [-0.2, 0) is 11.3 Å². The Kier molecular flexibility index (Phi) is 4.36. The number of ether oxygens (including phenoxy) is 1. The highest BCUT2D eigenvalue weighted by Gasteiger charge is 2.35. The number of aliphatic hydroxyl groups is 2. The van der Waals surface area contributed by atoms with Crippen LogP contribution in [0.1, 0.15) is 18.2 Å². The number of hydrogen-bond acceptors (Lipinski definition) is 5. The van der Waals surface area contributed by atoms with Crippen molar-refractivity contribution in [3.63, 3.8) is 0 Å². The van der Waals surface area contributed by atoms with E-state index < -0.39 is 36.4 Å². The number of rotatable bonds is 4. The van der Waals surface area contributed by atoms with Crippen LogP contribution in [0.15, 0.2) is 15.8 Å². The van der Waals surface area contributed by atoms with Crippen molar-refractivity contribution in [3.8, 4) is 0 Å². The molecule has 3 atom stereocenters. The molecule has 1 aliphatic heterocycles. The summed E-state index contributed by atoms with van der Waals surface area (Å²) in [6, 6.07) is 0. The van der Waals surface area contributed by atoms with Crippen LogP contribution in [0.4, 0.5) is 4.39 Å². The van der Waals surface area contributed by atoms with Gasteiger partial charge in [0.15, 0.2) is 0 Å². The summed E-state index contributed by atoms with van der Waals surface area (Å²) in [5, 5.41) is 18.7. The van der Waals surface area contributed by atoms with E-state index in [1.54, 1.807) is 0 Å². The molecular formula is C12H17FN2O5. The number of aliphatic hydroxyl groups excluding tert-OH is 2. The van der Waals surface area contributed by atoms with Gasteiger partial charge in [0.2, 0.25) is 0 Å². The first kappa shape index (κ1) is 14.9. The second-order valence-electron chi connectivity index (χ2n) is 4.76. The number of hydrogen-bond donors (Lipinski definition) is 2. The molecule has 0 radical (unpaired) electrons. The van der Waals surface area contributed by atoms with Crippen LogP contribution in [0.25, 0.3) is 0 Å². The third-order valence-corrected chi connectivity index (χ3v) is 3.37. The van der Waals surface area contributed by atoms with Crippen LogP contribution in [0, 0.1) is 6.92 Å². The average Bonchev–Trinajstić information content (AvgIpc) is 2.80. The van der Waals surface area contributed by atoms with Crippen LogP contribution < -0.4 is 11.2 Å². The molecule has 2 unspecified atom stereocenters. The second-order valence-corrected chi connectivity index (χ2v) is 4.76. The smallest absolute Gasteiger partial charge is 0.333 e. The highest BCUT2D eigenvalue weighted by molar-refractivity contribution is 5.04. The third kappa shape index (κ3) is 2.54. The SMILES string of the molecule is Cc1cn(C2C[C@H](O)C(CO)O2)c(=O)n(CCF)c1=O. The van der Waals surface area contributed by atoms with Crippen molar-refractivity contribution in [1.82, 2.24) is 9.13 Å². The predicted octanol–water partition coefficient (Wildman–Crippen LogP) is -1.07. The standard InChI is InChI=1S/C12H17FN2O5/c1-7-5-15(10-4-8(17)9(6-16)20-10)12(19)14(3-2-13)11(7)18/h5,8-10,16-17H,2-4,6H2,1H3/t8-,9?,10?/m0/s1. The van der Waals surface area contributed by atoms with Gasteiger partial charge in [-0.1, -0.05) is 0 Å². The van der Waals surface area contributed by atoms with E-state index in [4.69, 9.17) is 9.84 Å². The first-order valence-corrected chi connectivity index (χ1v) is 6.32. The molecule has 0 spiro atoms. The zero-order valence-corrected chi connectivity index (χ0v) is 11.0. The van der Waals surface area contributed by atoms with Crippen molar-refractivity contribution >= 4 is 0 Å². The molecule has 2 N–H and O–H groups in total. The Morgan fingerprint density at radius 2 is 2.20 bits per heavy atom. The van der Waals surface area contributed by atoms with Gasteiger partial charge in [-0.3, -0.25) is 13.9 Å². The summed E-state index contributed by atoms with van der Waals surface area (Å²) in [5.74, 6) is 0. The Balaban J connectivity index is 2.43. The Morgan fingerprint density at radius 1 is 1.50 bits per heavy atom. The Morgan fingerprint density at radius 3 is 2.75 bits per heavy atom. The van der Waals surface area contributed by atoms with E-state index in [2.05, 4.69) is 0 Å². The molecule has 0 amide bonds. The van der Waals surface area contributed by atoms with Crippen LogP contribution in [0.2, 0.25) is 0 Å². The maximum Gasteiger partial charge on any atom is 0.333 e. The maximum atomic E-state index is 12.4. The molecule has 0 aromatic carbocycles. The van der Waals surface area contributed by atoms with Crippen molar-refractivity contribution in [2.24, 2.45) is 0 Å². The summed E-state index contributed by atoms with van der Waals surface area (Å²) >= 11 is 0. The van der Waals surface area contributed by atoms with E-state index in [0.29, 0.717) is 0 Å². The van der Waals surface area contributed by atoms with Crippen LogP contribution in [-0.4, -0.2) is 44.8 Å². The summed E-state index contributed by atoms with van der Waals surface area (Å²) in [4.78, 5) is 23.9. The normalized spacial score (nSPS) is 26.1. The predicted molar refractivity (Wildman–Crippen MR) is 67.3 cm³/mol. The first-order valence-electron chi connectivity index (χ1n) is 6.32. The lowest BCUT2D eigenvalue weighted by Crippen LogP contribution is -2.42. The van der Waals surface area contributed by atoms with Crippen LogP contribution in [0.5, 0.6) is 0 Å². The second kappa shape index (κ2) is 5.86. The number of halogens is 1. The summed E-state index contributed by atoms with van der Waals surface area (Å²) in [6.45, 7) is 0.00148. The zero-order chi connectivity index (χ0) is 14.9. The summed E-state index contributed by atoms with van der Waals surface area (Å²) in [5.41, 5.74) is -0.946. The minimum atomic E-state index is -0.890. The van der Waals surface area contributed by atoms with Gasteiger partial charge in [0.25, 0.3) is 5.56 Å². The minimum Gasteiger partial charge on any atom is -0.394 e. The van der Waals surface area contributed by atoms with Crippen molar-refractivity contribution in [2.45, 2.75) is 38.3 Å². The molecule has 20 heavy (non-hydrogen) atoms. The van der Waals surface area contributed by atoms with Gasteiger partial charge in [-0.05, 0) is 6.92 Å². The maximum absolute atomic E-state index is 12.4. The monoisotopic (exact) mass is 288 g/mol. The molecule has 2 heterocycles. The topological polar surface area (TPSA) is 93.7 Å². The van der Waals surface area contributed by atoms with Gasteiger partial charge in [0.05, 0.1) is 19.3 Å². The summed E-state index contributed by atoms with van der Waals surface area (Å²) in [7, 11) is 0. The number of alkyl halides is 1. The lowest BCUT2D eigenvalue weighted by Gasteiger charge is -2.17. The van der Waals surface area contributed by atoms with E-state index in [9.17, 15) is 19.1 Å². The Bertz CT molecular complexity index is 596. The quantitative estimate of drug-likeness (QED) is 0.736. The van der Waals surface area contributed by atoms with Crippen molar-refractivity contribution in [1.29, 1.82) is 0 Å². The molecule has 1 saturated heterocycles. The fourth-order valence-corrected chi connectivity index (χ4v) is 2.30. The Labute approximate surface area is 113 Å². The van der Waals surface area contributed by atoms with Crippen LogP contribution >= 0.6 is 0 Å². The minimum absolute atomic E-state index is 0.123. The van der Waals surface area contributed by atoms with Crippen molar-refractivity contribution < 1.29 is 19.3 Å². The molecule has 2 rings (SSSR count). The van der Waals surface area contributed by atoms with E-state index in [1.165, 1.54) is 13.1 Å². The van der Waals surface area contributed by atoms with Crippen molar-refractivity contribution in [3.05, 3.63) is 32.6 Å². The number of nitrogens with zero attached hydrogens (tertiary/aromatic N) is 2. The summed E-state index contributed by atoms with van der Waals surface area (Å²) < 4.78 is 19.8. The van der Waals surface area contributed by atoms with E-state index in [1.807, 2.05) is 0 Å². The first-order chi connectivity index (χ1) is 9.49. The van der Waals surface area contributed by atoms with E-state index >= 15 is 0 Å². The van der Waals surface area contributed by atoms with Gasteiger partial charge in [0, 0.05) is 18.2 Å². The third-order valence-electron chi connectivity index (χ3n) is 3.37. The molecule has 1 fully saturated rings. The van der Waals surface area contributed by atoms with Gasteiger partial charge in [-0.2, -0.15) is 0 Å². The fraction of sp³-hybridized carbons (Fsp3) is 0.667. The van der Waals surface area contributed by atoms with E-state index in [-0.39, 0.29) is 25.1 Å². The molecule has 1 aromatic heterocycles. The molecule has 1 aromatic rings. The highest BCUT2D eigenvalue weighted by atomic mass is 19.1. The Hall–Kier alpha value is -1.51. The molecule has 0 aliphatic carbocycles. The molecule has 1 aliphatic rings. The molecule has 0 saturated carbocycles. The molecule has 112 valence electrons. The molecule has 7 nitrogen and oxygen atoms in total. The van der Waals surface area contributed by atoms with Gasteiger partial charge < -0.3 is 14.9 Å². The largest absolute Gasteiger partial charge is 0.394 e. The number of aromatic nitrogens is 2. The van der Waals surface area contributed by atoms with Gasteiger partial charge in [-0.15, -0.1) is 0 Å². The molecule has 8 heteroatoms. The van der Waals surface area contributed by atoms with Crippen LogP contribution in [0.3, 0.4) is 0 Å². The zero-order valence-electron chi connectivity index (χ0n) is 11.0. The van der Waals surface area contributed by atoms with E-state index in [0.717, 1.165) is 9.13 Å². The fourth-order valence-electron chi connectivity index (χ4n) is 2.30. The van der Waals surface area contributed by atoms with Crippen molar-refractivity contribution in [2.75, 3.05) is 13.3 Å². The lowest BCUT2D eigenvalue weighted by atomic mass is 10.2. The molecule has 0 bridgehead atoms. The average molecular weight is 288 g/mol. The number of aryl methyl sites for hydroxylation is 1. The van der Waals surface area contributed by atoms with Gasteiger partial charge in [0.1, 0.15) is 19.0 Å². The van der Waals surface area contributed by atoms with Gasteiger partial charge >= 0.3 is 5.69 Å². The lowest BCUT2D eigenvalue weighted by molar-refractivity contribution is -0.0464. The summed E-state index contributed by atoms with van der Waals surface area (Å²) in [6.07, 6.45) is -0.984. The molecular weight excluding hydrogens is 271 g/mol.